The molecule has 0 bridgehead atoms. The van der Waals surface area contributed by atoms with E-state index in [2.05, 4.69) is 30.8 Å². The summed E-state index contributed by atoms with van der Waals surface area (Å²) in [6.45, 7) is 3.30. The number of rotatable bonds is 7. The Kier molecular flexibility index (Phi) is 7.87. The molecular weight excluding hydrogens is 502 g/mol. The maximum Gasteiger partial charge on any atom is 0.273 e. The lowest BCUT2D eigenvalue weighted by atomic mass is 10.1. The summed E-state index contributed by atoms with van der Waals surface area (Å²) in [4.78, 5) is 49.6. The lowest BCUT2D eigenvalue weighted by molar-refractivity contribution is 0.0303. The van der Waals surface area contributed by atoms with Gasteiger partial charge in [-0.25, -0.2) is 0 Å². The third kappa shape index (κ3) is 6.26. The molecule has 2 aliphatic rings. The molecule has 202 valence electrons. The van der Waals surface area contributed by atoms with Gasteiger partial charge in [0.25, 0.3) is 17.7 Å². The number of carbonyl (C=O) groups excluding carboxylic acids is 3. The Bertz CT molecular complexity index is 1330. The molecule has 0 unspecified atom stereocenters. The first-order valence-electron chi connectivity index (χ1n) is 12.7. The maximum absolute atomic E-state index is 12.7. The summed E-state index contributed by atoms with van der Waals surface area (Å²) in [6.07, 6.45) is 4.75. The van der Waals surface area contributed by atoms with Crippen molar-refractivity contribution in [3.05, 3.63) is 65.6 Å². The quantitative estimate of drug-likeness (QED) is 0.400. The Hall–Kier alpha value is -4.65. The van der Waals surface area contributed by atoms with Crippen molar-refractivity contribution in [1.82, 2.24) is 30.4 Å². The number of nitrogens with two attached hydrogens (primary N) is 1. The molecule has 4 heterocycles. The zero-order valence-electron chi connectivity index (χ0n) is 21.2. The molecule has 2 fully saturated rings. The Balaban J connectivity index is 1.29. The van der Waals surface area contributed by atoms with E-state index >= 15 is 0 Å². The lowest BCUT2D eigenvalue weighted by Gasteiger charge is -2.33. The van der Waals surface area contributed by atoms with Crippen molar-refractivity contribution < 1.29 is 19.1 Å². The van der Waals surface area contributed by atoms with Gasteiger partial charge in [-0.05, 0) is 49.2 Å². The highest BCUT2D eigenvalue weighted by molar-refractivity contribution is 5.97. The molecular formula is C26H29N9O4. The maximum atomic E-state index is 12.7. The first-order chi connectivity index (χ1) is 19.0. The number of amides is 3. The predicted molar refractivity (Wildman–Crippen MR) is 142 cm³/mol. The van der Waals surface area contributed by atoms with Gasteiger partial charge in [0.1, 0.15) is 0 Å². The van der Waals surface area contributed by atoms with Crippen molar-refractivity contribution in [2.45, 2.75) is 18.9 Å². The van der Waals surface area contributed by atoms with E-state index in [1.165, 1.54) is 6.20 Å². The van der Waals surface area contributed by atoms with Crippen LogP contribution in [0.15, 0.2) is 48.8 Å². The molecule has 1 aromatic carbocycles. The molecule has 0 spiro atoms. The van der Waals surface area contributed by atoms with E-state index in [-0.39, 0.29) is 29.4 Å². The van der Waals surface area contributed by atoms with Crippen LogP contribution in [0.3, 0.4) is 0 Å². The number of ether oxygens (including phenoxy) is 1. The second kappa shape index (κ2) is 11.8. The van der Waals surface area contributed by atoms with E-state index < -0.39 is 5.91 Å². The highest BCUT2D eigenvalue weighted by Gasteiger charge is 2.26. The van der Waals surface area contributed by atoms with E-state index in [0.717, 1.165) is 12.8 Å². The third-order valence-electron chi connectivity index (χ3n) is 6.57. The number of aromatic nitrogens is 4. The summed E-state index contributed by atoms with van der Waals surface area (Å²) in [5, 5.41) is 14.3. The summed E-state index contributed by atoms with van der Waals surface area (Å²) in [7, 11) is 0. The van der Waals surface area contributed by atoms with Gasteiger partial charge in [0.15, 0.2) is 11.5 Å². The number of piperidine rings is 1. The molecule has 0 radical (unpaired) electrons. The van der Waals surface area contributed by atoms with Gasteiger partial charge in [0.2, 0.25) is 5.95 Å². The topological polar surface area (TPSA) is 169 Å². The van der Waals surface area contributed by atoms with Crippen molar-refractivity contribution in [2.24, 2.45) is 5.73 Å². The zero-order valence-corrected chi connectivity index (χ0v) is 21.2. The fourth-order valence-electron chi connectivity index (χ4n) is 4.53. The number of benzene rings is 1. The summed E-state index contributed by atoms with van der Waals surface area (Å²) in [5.74, 6) is -0.577. The highest BCUT2D eigenvalue weighted by Crippen LogP contribution is 2.22. The van der Waals surface area contributed by atoms with E-state index in [9.17, 15) is 14.4 Å². The van der Waals surface area contributed by atoms with Crippen LogP contribution >= 0.6 is 0 Å². The van der Waals surface area contributed by atoms with Crippen LogP contribution in [-0.4, -0.2) is 88.2 Å². The van der Waals surface area contributed by atoms with Crippen molar-refractivity contribution in [1.29, 1.82) is 0 Å². The molecule has 2 saturated heterocycles. The normalized spacial score (nSPS) is 17.4. The van der Waals surface area contributed by atoms with Crippen molar-refractivity contribution in [3.63, 3.8) is 0 Å². The number of nitrogens with one attached hydrogen (secondary N) is 2. The molecule has 0 aliphatic carbocycles. The second-order valence-electron chi connectivity index (χ2n) is 9.28. The van der Waals surface area contributed by atoms with E-state index in [4.69, 9.17) is 10.5 Å². The second-order valence-corrected chi connectivity index (χ2v) is 9.28. The Morgan fingerprint density at radius 1 is 1.00 bits per heavy atom. The van der Waals surface area contributed by atoms with E-state index in [1.54, 1.807) is 47.5 Å². The standard InChI is InChI=1S/C26H29N9O4/c27-22(36)21-23(29-19-7-5-17(6-8-19)25(38)34-11-13-39-14-12-34)31-26(33-32-21)35-10-2-4-20(16-35)30-24(37)18-3-1-9-28-15-18/h1,3,5-9,15,20H,2,4,10-14,16H2,(H2,27,36)(H,30,37)(H,29,31,33)/t20-/m1/s1. The molecule has 3 aromatic rings. The number of pyridine rings is 1. The minimum absolute atomic E-state index is 0.0658. The lowest BCUT2D eigenvalue weighted by Crippen LogP contribution is -2.48. The molecule has 1 atom stereocenters. The van der Waals surface area contributed by atoms with E-state index in [0.29, 0.717) is 62.2 Å². The number of morpholine rings is 1. The first-order valence-corrected chi connectivity index (χ1v) is 12.7. The fraction of sp³-hybridized carbons (Fsp3) is 0.346. The van der Waals surface area contributed by atoms with Crippen LogP contribution < -0.4 is 21.3 Å². The average molecular weight is 532 g/mol. The minimum atomic E-state index is -0.775. The molecule has 2 aliphatic heterocycles. The summed E-state index contributed by atoms with van der Waals surface area (Å²) in [5.41, 5.74) is 7.06. The fourth-order valence-corrected chi connectivity index (χ4v) is 4.53. The molecule has 13 nitrogen and oxygen atoms in total. The average Bonchev–Trinajstić information content (AvgIpc) is 2.98. The van der Waals surface area contributed by atoms with Gasteiger partial charge >= 0.3 is 0 Å². The van der Waals surface area contributed by atoms with Gasteiger partial charge in [-0.3, -0.25) is 19.4 Å². The number of carbonyl (C=O) groups is 3. The molecule has 13 heteroatoms. The van der Waals surface area contributed by atoms with Gasteiger partial charge in [-0.1, -0.05) is 0 Å². The molecule has 0 saturated carbocycles. The van der Waals surface area contributed by atoms with Gasteiger partial charge in [0, 0.05) is 55.9 Å². The van der Waals surface area contributed by atoms with Crippen LogP contribution in [0.2, 0.25) is 0 Å². The van der Waals surface area contributed by atoms with Crippen LogP contribution in [0.5, 0.6) is 0 Å². The monoisotopic (exact) mass is 531 g/mol. The van der Waals surface area contributed by atoms with Crippen LogP contribution in [0.25, 0.3) is 0 Å². The number of hydrogen-bond acceptors (Lipinski definition) is 10. The van der Waals surface area contributed by atoms with Crippen LogP contribution in [-0.2, 0) is 4.74 Å². The number of hydrogen-bond donors (Lipinski definition) is 3. The molecule has 3 amide bonds. The zero-order chi connectivity index (χ0) is 27.2. The largest absolute Gasteiger partial charge is 0.378 e. The minimum Gasteiger partial charge on any atom is -0.378 e. The van der Waals surface area contributed by atoms with Crippen LogP contribution in [0.1, 0.15) is 44.0 Å². The van der Waals surface area contributed by atoms with Gasteiger partial charge in [-0.15, -0.1) is 10.2 Å². The van der Waals surface area contributed by atoms with Crippen molar-refractivity contribution >= 4 is 35.2 Å². The molecule has 4 N–H and O–H groups in total. The van der Waals surface area contributed by atoms with E-state index in [1.807, 2.05) is 4.90 Å². The highest BCUT2D eigenvalue weighted by atomic mass is 16.5. The van der Waals surface area contributed by atoms with Crippen molar-refractivity contribution in [3.8, 4) is 0 Å². The predicted octanol–water partition coefficient (Wildman–Crippen LogP) is 0.980. The van der Waals surface area contributed by atoms with Crippen LogP contribution in [0, 0.1) is 0 Å². The van der Waals surface area contributed by atoms with Crippen molar-refractivity contribution in [2.75, 3.05) is 49.6 Å². The summed E-state index contributed by atoms with van der Waals surface area (Å²) in [6, 6.07) is 10.2. The summed E-state index contributed by atoms with van der Waals surface area (Å²) >= 11 is 0. The SMILES string of the molecule is NC(=O)c1nnc(N2CCC[C@@H](NC(=O)c3cccnc3)C2)nc1Nc1ccc(C(=O)N2CCOCC2)cc1. The first kappa shape index (κ1) is 26.0. The van der Waals surface area contributed by atoms with Gasteiger partial charge in [0.05, 0.1) is 18.8 Å². The Labute approximate surface area is 224 Å². The summed E-state index contributed by atoms with van der Waals surface area (Å²) < 4.78 is 5.31. The van der Waals surface area contributed by atoms with Crippen LogP contribution in [0.4, 0.5) is 17.5 Å². The molecule has 2 aromatic heterocycles. The number of nitrogens with zero attached hydrogens (tertiary/aromatic N) is 6. The van der Waals surface area contributed by atoms with Gasteiger partial charge < -0.3 is 30.9 Å². The smallest absolute Gasteiger partial charge is 0.273 e. The molecule has 39 heavy (non-hydrogen) atoms. The third-order valence-corrected chi connectivity index (χ3v) is 6.57. The Morgan fingerprint density at radius 2 is 1.79 bits per heavy atom. The number of anilines is 3. The molecule has 5 rings (SSSR count). The Morgan fingerprint density at radius 3 is 2.51 bits per heavy atom. The number of primary amides is 1. The van der Waals surface area contributed by atoms with Gasteiger partial charge in [-0.2, -0.15) is 4.98 Å².